The first kappa shape index (κ1) is 98.7. The molecule has 0 fully saturated rings. The number of thioether (sulfide) groups is 3. The van der Waals surface area contributed by atoms with Crippen molar-refractivity contribution in [3.63, 3.8) is 0 Å². The Morgan fingerprint density at radius 2 is 0.972 bits per heavy atom. The largest absolute Gasteiger partial charge is 1.00 e. The number of sulfone groups is 1. The molecule has 0 radical (unpaired) electrons. The third kappa shape index (κ3) is 29.0. The summed E-state index contributed by atoms with van der Waals surface area (Å²) < 4.78 is 60.7. The molecule has 0 aromatic carbocycles. The first-order valence-corrected chi connectivity index (χ1v) is 38.0. The number of hydrogen-bond donors (Lipinski definition) is 6. The van der Waals surface area contributed by atoms with Crippen LogP contribution in [0.5, 0.6) is 0 Å². The Morgan fingerprint density at radius 1 is 0.589 bits per heavy atom. The van der Waals surface area contributed by atoms with Crippen LogP contribution in [-0.2, 0) is 24.5 Å². The molecule has 0 aliphatic heterocycles. The number of nitrogens with one attached hydrogen (secondary N) is 2. The zero-order valence-electron chi connectivity index (χ0n) is 62.9. The molecule has 9 N–H and O–H groups in total. The summed E-state index contributed by atoms with van der Waals surface area (Å²) in [6, 6.07) is 22.5. The monoisotopic (exact) mass is 1740 g/mol. The standard InChI is InChI=1S/C13H19N5O2.C13H21N5.C10H11N3O4S.C10H11N3O2S.C7H11N2.C7H9N.C4H7NO2S2.2ClH.HI.H3NO4S/c1-9-5-6-11-12(18(19)20)13(14-7-8-16(3)4)15-17(11)10(9)2;1-9-5-6-11-12(14)13(15-7-8-17(3)4)16-18(11)10(9)2;1-6-4-5-8-9(13(14)15)10(18(3,16)17)11-12(8)7(6)2;1-6-4-5-8-9(13(14)15)10(16-3)11-12(8)7(6)2;1-6-4-3-5-9(8)7(6)2;1-6-4-3-5-8-7(6)2;1-8-4(9-2)3-5(6)7;;;;1-5-6(2,3)4/h5-6H,7-8H2,1-4H3,(H,14,15);5-6H,7-8,14H2,1-4H3,(H,15,16);4-5H,1-3H3;4-5H,1-3H3;3-5H,8H2,1-2H3;3-5H,1-2H3;3H,1-2H3;3*1H;1H2,(H,2,3,4)/q;;;;+1;;;;;;/p-1. The van der Waals surface area contributed by atoms with Crippen molar-refractivity contribution in [2.75, 3.05) is 102 Å². The molecule has 0 amide bonds. The highest BCUT2D eigenvalue weighted by Crippen LogP contribution is 2.34. The molecule has 43 heteroatoms. The first-order valence-electron chi connectivity index (χ1n) is 31.1. The van der Waals surface area contributed by atoms with Crippen molar-refractivity contribution in [2.45, 2.75) is 93.1 Å². The number of aryl methyl sites for hydroxylation is 11. The van der Waals surface area contributed by atoms with E-state index in [0.717, 1.165) is 98.5 Å². The number of fused-ring (bicyclic) bond motifs is 4. The molecule has 0 atom stereocenters. The van der Waals surface area contributed by atoms with Crippen LogP contribution < -0.4 is 56.8 Å². The van der Waals surface area contributed by atoms with Crippen LogP contribution in [0.25, 0.3) is 22.1 Å². The maximum Gasteiger partial charge on any atom is 0.413 e. The fraction of sp³-hybridized carbons (Fsp3) is 0.375. The summed E-state index contributed by atoms with van der Waals surface area (Å²) in [5.41, 5.74) is 21.3. The van der Waals surface area contributed by atoms with Crippen molar-refractivity contribution in [1.82, 2.24) is 53.2 Å². The SMILES string of the molecule is CSC(=C[N+](=O)[O-])SC.CSc1nn2c(C)c(C)ccc2c1[N+](=O)[O-].Cc1ccc2c(N)c(NCCN(C)C)nn2c1C.Cc1ccc2c([N+](=O)[O-])c(NCCN(C)C)nn2c1C.Cc1ccc2c([N+](=O)[O-])c(S(C)(=O)=O)nn2c1C.Cc1ccc[n+](N)c1C.Cc1cccnc1C.Cl.Cl.NOS(=O)(=O)O.[I-]. The Bertz CT molecular complexity index is 4900. The van der Waals surface area contributed by atoms with Crippen molar-refractivity contribution < 1.29 is 74.0 Å². The highest BCUT2D eigenvalue weighted by molar-refractivity contribution is 8.21. The van der Waals surface area contributed by atoms with E-state index in [2.05, 4.69) is 84.0 Å². The second-order valence-corrected chi connectivity index (χ2v) is 29.1. The maximum atomic E-state index is 11.5. The Hall–Kier alpha value is -8.34. The molecular formula is C64H94Cl2IN21O14S5. The molecule has 0 saturated heterocycles. The zero-order chi connectivity index (χ0) is 79.0. The van der Waals surface area contributed by atoms with Crippen LogP contribution in [0, 0.1) is 124 Å². The second-order valence-electron chi connectivity index (χ2n) is 23.3. The van der Waals surface area contributed by atoms with Crippen LogP contribution in [0.4, 0.5) is 34.4 Å². The average molecular weight is 1740 g/mol. The van der Waals surface area contributed by atoms with Gasteiger partial charge >= 0.3 is 27.5 Å². The number of hydrogen-bond acceptors (Lipinski definition) is 28. The molecule has 10 rings (SSSR count). The van der Waals surface area contributed by atoms with Gasteiger partial charge in [-0.15, -0.1) is 75.4 Å². The smallest absolute Gasteiger partial charge is 0.413 e. The van der Waals surface area contributed by atoms with Gasteiger partial charge < -0.3 is 50.1 Å². The van der Waals surface area contributed by atoms with Crippen molar-refractivity contribution in [3.05, 3.63) is 204 Å². The molecule has 0 saturated carbocycles. The number of nitro groups is 4. The van der Waals surface area contributed by atoms with E-state index >= 15 is 0 Å². The van der Waals surface area contributed by atoms with E-state index < -0.39 is 40.8 Å². The molecule has 0 spiro atoms. The summed E-state index contributed by atoms with van der Waals surface area (Å²) in [5.74, 6) is 10.6. The minimum atomic E-state index is -4.38. The lowest BCUT2D eigenvalue weighted by Crippen LogP contribution is -3.00. The Kier molecular flexibility index (Phi) is 41.9. The number of aromatic nitrogens is 10. The van der Waals surface area contributed by atoms with Gasteiger partial charge in [0.25, 0.3) is 11.2 Å². The zero-order valence-corrected chi connectivity index (χ0v) is 70.7. The third-order valence-electron chi connectivity index (χ3n) is 15.5. The number of nitrogen functional groups attached to an aromatic ring is 2. The van der Waals surface area contributed by atoms with E-state index in [1.165, 1.54) is 62.6 Å². The van der Waals surface area contributed by atoms with Crippen molar-refractivity contribution >= 4 is 137 Å². The van der Waals surface area contributed by atoms with E-state index in [-0.39, 0.29) is 75.5 Å². The average Bonchev–Trinajstić information content (AvgIpc) is 1.64. The molecule has 0 bridgehead atoms. The lowest BCUT2D eigenvalue weighted by Gasteiger charge is -2.09. The first-order chi connectivity index (χ1) is 48.5. The number of anilines is 3. The second kappa shape index (κ2) is 45.5. The van der Waals surface area contributed by atoms with E-state index in [4.69, 9.17) is 16.1 Å². The van der Waals surface area contributed by atoms with Crippen molar-refractivity contribution in [3.8, 4) is 0 Å². The lowest BCUT2D eigenvalue weighted by molar-refractivity contribution is -0.645. The quantitative estimate of drug-likeness (QED) is 0.00976. The summed E-state index contributed by atoms with van der Waals surface area (Å²) in [7, 11) is -0.137. The molecule has 0 unspecified atom stereocenters. The number of likely N-dealkylation sites (N-methyl/N-ethyl adjacent to an activating group) is 2. The number of halogens is 3. The van der Waals surface area contributed by atoms with Crippen molar-refractivity contribution in [2.24, 2.45) is 5.90 Å². The van der Waals surface area contributed by atoms with Gasteiger partial charge in [0.2, 0.25) is 21.3 Å². The summed E-state index contributed by atoms with van der Waals surface area (Å²) in [6.07, 6.45) is 11.0. The number of pyridine rings is 6. The van der Waals surface area contributed by atoms with E-state index in [1.54, 1.807) is 45.1 Å². The van der Waals surface area contributed by atoms with Gasteiger partial charge in [0, 0.05) is 85.7 Å². The predicted molar refractivity (Wildman–Crippen MR) is 425 cm³/mol. The van der Waals surface area contributed by atoms with E-state index in [9.17, 15) is 57.3 Å². The van der Waals surface area contributed by atoms with Crippen LogP contribution in [0.1, 0.15) is 67.5 Å². The van der Waals surface area contributed by atoms with Gasteiger partial charge in [-0.05, 0) is 187 Å². The Morgan fingerprint density at radius 3 is 1.32 bits per heavy atom. The number of nitrogens with zero attached hydrogens (tertiary/aromatic N) is 16. The predicted octanol–water partition coefficient (Wildman–Crippen LogP) is 7.50. The maximum absolute atomic E-state index is 11.5. The summed E-state index contributed by atoms with van der Waals surface area (Å²) in [4.78, 5) is 49.4. The van der Waals surface area contributed by atoms with Gasteiger partial charge in [-0.2, -0.15) is 23.7 Å². The summed E-state index contributed by atoms with van der Waals surface area (Å²) in [6.45, 7) is 26.7. The number of nitrogens with two attached hydrogens (primary N) is 3. The molecule has 10 heterocycles. The fourth-order valence-corrected chi connectivity index (χ4v) is 11.1. The van der Waals surface area contributed by atoms with Crippen LogP contribution in [0.3, 0.4) is 0 Å². The highest BCUT2D eigenvalue weighted by atomic mass is 127. The minimum absolute atomic E-state index is 0. The minimum Gasteiger partial charge on any atom is -1.00 e. The lowest BCUT2D eigenvalue weighted by atomic mass is 10.2. The van der Waals surface area contributed by atoms with Gasteiger partial charge in [0.15, 0.2) is 17.0 Å². The molecule has 590 valence electrons. The molecule has 10 aromatic heterocycles. The van der Waals surface area contributed by atoms with Gasteiger partial charge in [-0.3, -0.25) is 50.0 Å². The molecule has 0 aliphatic carbocycles. The fourth-order valence-electron chi connectivity index (χ4n) is 8.78. The third-order valence-corrected chi connectivity index (χ3v) is 19.4. The van der Waals surface area contributed by atoms with Crippen LogP contribution in [0.15, 0.2) is 106 Å². The molecule has 107 heavy (non-hydrogen) atoms. The molecular weight excluding hydrogens is 1640 g/mol. The normalized spacial score (nSPS) is 10.5. The van der Waals surface area contributed by atoms with Crippen LogP contribution in [0.2, 0.25) is 0 Å². The Balaban J connectivity index is 0.00000123. The van der Waals surface area contributed by atoms with Crippen LogP contribution >= 0.6 is 60.1 Å². The van der Waals surface area contributed by atoms with E-state index in [0.29, 0.717) is 34.1 Å². The van der Waals surface area contributed by atoms with Gasteiger partial charge in [0.05, 0.1) is 25.2 Å². The van der Waals surface area contributed by atoms with Crippen molar-refractivity contribution in [1.29, 1.82) is 0 Å². The molecule has 0 aliphatic rings. The van der Waals surface area contributed by atoms with Gasteiger partial charge in [0.1, 0.15) is 26.5 Å². The summed E-state index contributed by atoms with van der Waals surface area (Å²) in [5, 5.41) is 66.4. The van der Waals surface area contributed by atoms with Gasteiger partial charge in [-0.1, -0.05) is 35.0 Å². The van der Waals surface area contributed by atoms with E-state index in [1.807, 2.05) is 154 Å². The number of rotatable bonds is 17. The highest BCUT2D eigenvalue weighted by Gasteiger charge is 2.31. The molecule has 10 aromatic rings. The topological polar surface area (TPSA) is 465 Å². The van der Waals surface area contributed by atoms with Crippen LogP contribution in [-0.4, -0.2) is 174 Å². The molecule has 35 nitrogen and oxygen atoms in total. The Labute approximate surface area is 663 Å². The van der Waals surface area contributed by atoms with Gasteiger partial charge in [-0.25, -0.2) is 32.3 Å². The summed E-state index contributed by atoms with van der Waals surface area (Å²) >= 11 is 4.05.